The first-order chi connectivity index (χ1) is 12.5. The summed E-state index contributed by atoms with van der Waals surface area (Å²) >= 11 is 0. The highest BCUT2D eigenvalue weighted by Gasteiger charge is 2.25. The monoisotopic (exact) mass is 339 g/mol. The van der Waals surface area contributed by atoms with Gasteiger partial charge in [0.25, 0.3) is 0 Å². The summed E-state index contributed by atoms with van der Waals surface area (Å²) in [6.07, 6.45) is 0.683. The van der Waals surface area contributed by atoms with Crippen LogP contribution in [0.25, 0.3) is 21.8 Å². The predicted molar refractivity (Wildman–Crippen MR) is 104 cm³/mol. The van der Waals surface area contributed by atoms with Crippen molar-refractivity contribution in [1.29, 1.82) is 0 Å². The number of carbonyl (C=O) groups is 1. The zero-order valence-corrected chi connectivity index (χ0v) is 14.7. The molecule has 1 aromatic heterocycles. The molecule has 0 unspecified atom stereocenters. The van der Waals surface area contributed by atoms with Crippen LogP contribution in [0.15, 0.2) is 59.4 Å². The summed E-state index contributed by atoms with van der Waals surface area (Å²) in [4.78, 5) is 26.1. The fourth-order valence-electron chi connectivity index (χ4n) is 4.09. The van der Waals surface area contributed by atoms with Crippen LogP contribution in [-0.2, 0) is 13.5 Å². The normalized spacial score (nSPS) is 13.1. The topological polar surface area (TPSA) is 39.1 Å². The molecule has 126 valence electrons. The number of aryl methyl sites for hydroxylation is 2. The maximum atomic E-state index is 13.1. The highest BCUT2D eigenvalue weighted by molar-refractivity contribution is 6.14. The lowest BCUT2D eigenvalue weighted by atomic mass is 9.83. The Balaban J connectivity index is 1.87. The Morgan fingerprint density at radius 3 is 2.42 bits per heavy atom. The van der Waals surface area contributed by atoms with Crippen molar-refractivity contribution in [3.8, 4) is 0 Å². The molecule has 1 aliphatic rings. The molecule has 0 bridgehead atoms. The maximum Gasteiger partial charge on any atom is 0.197 e. The molecule has 0 amide bonds. The zero-order valence-electron chi connectivity index (χ0n) is 14.7. The molecule has 0 fully saturated rings. The number of fused-ring (bicyclic) bond motifs is 4. The van der Waals surface area contributed by atoms with Gasteiger partial charge in [-0.2, -0.15) is 0 Å². The van der Waals surface area contributed by atoms with Crippen LogP contribution in [0.1, 0.15) is 32.6 Å². The van der Waals surface area contributed by atoms with Gasteiger partial charge in [-0.15, -0.1) is 0 Å². The highest BCUT2D eigenvalue weighted by atomic mass is 16.1. The lowest BCUT2D eigenvalue weighted by Crippen LogP contribution is -2.17. The van der Waals surface area contributed by atoms with Crippen LogP contribution in [0.3, 0.4) is 0 Å². The number of rotatable bonds is 0. The van der Waals surface area contributed by atoms with E-state index in [1.54, 1.807) is 0 Å². The van der Waals surface area contributed by atoms with Gasteiger partial charge in [0, 0.05) is 28.9 Å². The fraction of sp³-hybridized carbons (Fsp3) is 0.130. The Kier molecular flexibility index (Phi) is 2.99. The minimum absolute atomic E-state index is 0.0265. The van der Waals surface area contributed by atoms with E-state index in [9.17, 15) is 9.59 Å². The highest BCUT2D eigenvalue weighted by Crippen LogP contribution is 2.31. The predicted octanol–water partition coefficient (Wildman–Crippen LogP) is 4.14. The molecular weight excluding hydrogens is 322 g/mol. The molecule has 26 heavy (non-hydrogen) atoms. The van der Waals surface area contributed by atoms with Crippen LogP contribution < -0.4 is 5.43 Å². The van der Waals surface area contributed by atoms with E-state index in [0.717, 1.165) is 33.3 Å². The van der Waals surface area contributed by atoms with Crippen molar-refractivity contribution >= 4 is 27.6 Å². The van der Waals surface area contributed by atoms with Crippen molar-refractivity contribution in [1.82, 2.24) is 4.57 Å². The standard InChI is InChI=1S/C23H17NO2/c1-13-7-8-14-10-15-11-19-21(12-18(15)23(26)17(14)9-13)24(2)20-6-4-3-5-16(20)22(19)25/h3-9,11-12H,10H2,1-2H3. The van der Waals surface area contributed by atoms with E-state index in [2.05, 4.69) is 0 Å². The molecular formula is C23H17NO2. The third kappa shape index (κ3) is 1.94. The van der Waals surface area contributed by atoms with Gasteiger partial charge >= 0.3 is 0 Å². The molecule has 0 N–H and O–H groups in total. The zero-order chi connectivity index (χ0) is 18.0. The quantitative estimate of drug-likeness (QED) is 0.398. The lowest BCUT2D eigenvalue weighted by molar-refractivity contribution is 0.103. The summed E-state index contributed by atoms with van der Waals surface area (Å²) in [6, 6.07) is 17.4. The number of pyridine rings is 1. The Bertz CT molecular complexity index is 1310. The summed E-state index contributed by atoms with van der Waals surface area (Å²) in [7, 11) is 1.95. The van der Waals surface area contributed by atoms with E-state index >= 15 is 0 Å². The van der Waals surface area contributed by atoms with Crippen LogP contribution in [0.4, 0.5) is 0 Å². The Morgan fingerprint density at radius 1 is 0.808 bits per heavy atom. The first-order valence-electron chi connectivity index (χ1n) is 8.73. The first kappa shape index (κ1) is 15.1. The van der Waals surface area contributed by atoms with Crippen LogP contribution in [-0.4, -0.2) is 10.4 Å². The smallest absolute Gasteiger partial charge is 0.197 e. The molecule has 3 aromatic carbocycles. The van der Waals surface area contributed by atoms with Gasteiger partial charge in [0.05, 0.1) is 11.0 Å². The largest absolute Gasteiger partial charge is 0.343 e. The minimum Gasteiger partial charge on any atom is -0.343 e. The molecule has 0 aliphatic heterocycles. The summed E-state index contributed by atoms with van der Waals surface area (Å²) in [6.45, 7) is 2.00. The van der Waals surface area contributed by atoms with Gasteiger partial charge in [-0.05, 0) is 54.8 Å². The van der Waals surface area contributed by atoms with Crippen molar-refractivity contribution in [3.05, 3.63) is 92.6 Å². The van der Waals surface area contributed by atoms with Crippen LogP contribution in [0, 0.1) is 6.92 Å². The molecule has 5 rings (SSSR count). The minimum atomic E-state index is 0.0265. The van der Waals surface area contributed by atoms with E-state index in [1.807, 2.05) is 73.1 Å². The molecule has 1 heterocycles. The van der Waals surface area contributed by atoms with Gasteiger partial charge in [-0.3, -0.25) is 9.59 Å². The molecule has 0 saturated heterocycles. The van der Waals surface area contributed by atoms with Crippen molar-refractivity contribution < 1.29 is 4.79 Å². The Hall–Kier alpha value is -3.20. The van der Waals surface area contributed by atoms with Gasteiger partial charge in [-0.1, -0.05) is 29.8 Å². The van der Waals surface area contributed by atoms with Crippen molar-refractivity contribution in [2.45, 2.75) is 13.3 Å². The lowest BCUT2D eigenvalue weighted by Gasteiger charge is -2.21. The van der Waals surface area contributed by atoms with Gasteiger partial charge in [0.15, 0.2) is 11.2 Å². The summed E-state index contributed by atoms with van der Waals surface area (Å²) < 4.78 is 2.01. The molecule has 0 radical (unpaired) electrons. The van der Waals surface area contributed by atoms with Crippen LogP contribution in [0.2, 0.25) is 0 Å². The fourth-order valence-corrected chi connectivity index (χ4v) is 4.09. The third-order valence-electron chi connectivity index (χ3n) is 5.47. The van der Waals surface area contributed by atoms with Crippen molar-refractivity contribution in [2.24, 2.45) is 7.05 Å². The van der Waals surface area contributed by atoms with E-state index in [0.29, 0.717) is 22.8 Å². The summed E-state index contributed by atoms with van der Waals surface area (Å²) in [5, 5.41) is 1.38. The Morgan fingerprint density at radius 2 is 1.58 bits per heavy atom. The Labute approximate surface area is 150 Å². The van der Waals surface area contributed by atoms with Crippen molar-refractivity contribution in [2.75, 3.05) is 0 Å². The molecule has 0 atom stereocenters. The number of hydrogen-bond donors (Lipinski definition) is 0. The molecule has 1 aliphatic carbocycles. The van der Waals surface area contributed by atoms with Gasteiger partial charge < -0.3 is 4.57 Å². The summed E-state index contributed by atoms with van der Waals surface area (Å²) in [5.74, 6) is 0.0486. The number of aromatic nitrogens is 1. The third-order valence-corrected chi connectivity index (χ3v) is 5.47. The van der Waals surface area contributed by atoms with Crippen LogP contribution in [0.5, 0.6) is 0 Å². The molecule has 3 heteroatoms. The molecule has 0 saturated carbocycles. The van der Waals surface area contributed by atoms with Gasteiger partial charge in [0.2, 0.25) is 0 Å². The average molecular weight is 339 g/mol. The molecule has 3 nitrogen and oxygen atoms in total. The van der Waals surface area contributed by atoms with Crippen molar-refractivity contribution in [3.63, 3.8) is 0 Å². The van der Waals surface area contributed by atoms with E-state index < -0.39 is 0 Å². The number of nitrogens with zero attached hydrogens (tertiary/aromatic N) is 1. The molecule has 0 spiro atoms. The maximum absolute atomic E-state index is 13.1. The van der Waals surface area contributed by atoms with E-state index in [-0.39, 0.29) is 11.2 Å². The summed E-state index contributed by atoms with van der Waals surface area (Å²) in [5.41, 5.74) is 6.25. The first-order valence-corrected chi connectivity index (χ1v) is 8.73. The molecule has 4 aromatic rings. The SMILES string of the molecule is Cc1ccc2c(c1)C(=O)c1cc3c(cc1C2)c(=O)c1ccccc1n3C. The average Bonchev–Trinajstić information content (AvgIpc) is 2.66. The second-order valence-electron chi connectivity index (χ2n) is 7.10. The second-order valence-corrected chi connectivity index (χ2v) is 7.10. The number of benzene rings is 3. The number of ketones is 1. The number of carbonyl (C=O) groups excluding carboxylic acids is 1. The van der Waals surface area contributed by atoms with Gasteiger partial charge in [0.1, 0.15) is 0 Å². The number of hydrogen-bond acceptors (Lipinski definition) is 2. The van der Waals surface area contributed by atoms with E-state index in [1.165, 1.54) is 0 Å². The van der Waals surface area contributed by atoms with E-state index in [4.69, 9.17) is 0 Å². The second kappa shape index (κ2) is 5.15. The van der Waals surface area contributed by atoms with Crippen LogP contribution >= 0.6 is 0 Å². The number of para-hydroxylation sites is 1. The van der Waals surface area contributed by atoms with Gasteiger partial charge in [-0.25, -0.2) is 0 Å².